The van der Waals surface area contributed by atoms with Gasteiger partial charge in [0.05, 0.1) is 6.61 Å². The van der Waals surface area contributed by atoms with Crippen molar-refractivity contribution in [2.75, 3.05) is 26.7 Å². The van der Waals surface area contributed by atoms with Crippen LogP contribution in [0.1, 0.15) is 25.3 Å². The standard InChI is InChI=1S/C19H26N4O2/c1-3-25-17-7-5-16(6-8-17)15-22(2)18(24)19(9-12-20-13-10-19)23-14-4-11-21-23/h4-8,11,14,20H,3,9-10,12-13,15H2,1-2H3. The lowest BCUT2D eigenvalue weighted by atomic mass is 9.86. The molecule has 134 valence electrons. The second kappa shape index (κ2) is 7.70. The third-order valence-electron chi connectivity index (χ3n) is 4.77. The first-order valence-electron chi connectivity index (χ1n) is 8.84. The number of amides is 1. The highest BCUT2D eigenvalue weighted by molar-refractivity contribution is 5.84. The maximum atomic E-state index is 13.3. The highest BCUT2D eigenvalue weighted by Gasteiger charge is 2.43. The average Bonchev–Trinajstić information content (AvgIpc) is 3.19. The van der Waals surface area contributed by atoms with Gasteiger partial charge in [0.2, 0.25) is 0 Å². The summed E-state index contributed by atoms with van der Waals surface area (Å²) in [6.45, 7) is 4.83. The lowest BCUT2D eigenvalue weighted by Gasteiger charge is -2.39. The molecule has 1 aromatic heterocycles. The first-order chi connectivity index (χ1) is 12.2. The van der Waals surface area contributed by atoms with Crippen LogP contribution < -0.4 is 10.1 Å². The van der Waals surface area contributed by atoms with E-state index >= 15 is 0 Å². The summed E-state index contributed by atoms with van der Waals surface area (Å²) >= 11 is 0. The van der Waals surface area contributed by atoms with Crippen molar-refractivity contribution in [2.45, 2.75) is 31.8 Å². The zero-order valence-electron chi connectivity index (χ0n) is 14.9. The number of aromatic nitrogens is 2. The topological polar surface area (TPSA) is 59.4 Å². The molecule has 1 saturated heterocycles. The largest absolute Gasteiger partial charge is 0.494 e. The van der Waals surface area contributed by atoms with E-state index in [2.05, 4.69) is 10.4 Å². The lowest BCUT2D eigenvalue weighted by molar-refractivity contribution is -0.142. The Morgan fingerprint density at radius 2 is 2.04 bits per heavy atom. The van der Waals surface area contributed by atoms with Crippen LogP contribution in [0, 0.1) is 0 Å². The number of carbonyl (C=O) groups is 1. The van der Waals surface area contributed by atoms with E-state index in [9.17, 15) is 4.79 Å². The van der Waals surface area contributed by atoms with E-state index in [0.717, 1.165) is 37.2 Å². The second-order valence-electron chi connectivity index (χ2n) is 6.47. The van der Waals surface area contributed by atoms with E-state index in [4.69, 9.17) is 4.74 Å². The van der Waals surface area contributed by atoms with Crippen LogP contribution in [0.4, 0.5) is 0 Å². The monoisotopic (exact) mass is 342 g/mol. The maximum Gasteiger partial charge on any atom is 0.250 e. The molecule has 0 bridgehead atoms. The van der Waals surface area contributed by atoms with Crippen LogP contribution in [-0.2, 0) is 16.9 Å². The van der Waals surface area contributed by atoms with E-state index in [-0.39, 0.29) is 5.91 Å². The summed E-state index contributed by atoms with van der Waals surface area (Å²) in [5.41, 5.74) is 0.498. The van der Waals surface area contributed by atoms with Crippen molar-refractivity contribution >= 4 is 5.91 Å². The van der Waals surface area contributed by atoms with Crippen molar-refractivity contribution in [3.05, 3.63) is 48.3 Å². The predicted octanol–water partition coefficient (Wildman–Crippen LogP) is 2.02. The Morgan fingerprint density at radius 3 is 2.64 bits per heavy atom. The minimum absolute atomic E-state index is 0.117. The number of nitrogens with zero attached hydrogens (tertiary/aromatic N) is 3. The molecule has 6 nitrogen and oxygen atoms in total. The van der Waals surface area contributed by atoms with Gasteiger partial charge in [-0.15, -0.1) is 0 Å². The molecule has 1 aromatic carbocycles. The molecular weight excluding hydrogens is 316 g/mol. The van der Waals surface area contributed by atoms with Crippen molar-refractivity contribution in [1.29, 1.82) is 0 Å². The van der Waals surface area contributed by atoms with Crippen LogP contribution in [0.15, 0.2) is 42.7 Å². The Morgan fingerprint density at radius 1 is 1.32 bits per heavy atom. The van der Waals surface area contributed by atoms with Crippen LogP contribution in [-0.4, -0.2) is 47.3 Å². The number of ether oxygens (including phenoxy) is 1. The number of nitrogens with one attached hydrogen (secondary N) is 1. The highest BCUT2D eigenvalue weighted by atomic mass is 16.5. The zero-order valence-corrected chi connectivity index (χ0v) is 14.9. The van der Waals surface area contributed by atoms with Crippen LogP contribution in [0.25, 0.3) is 0 Å². The van der Waals surface area contributed by atoms with Crippen LogP contribution >= 0.6 is 0 Å². The molecule has 0 unspecified atom stereocenters. The third-order valence-corrected chi connectivity index (χ3v) is 4.77. The van der Waals surface area contributed by atoms with Crippen molar-refractivity contribution in [2.24, 2.45) is 0 Å². The number of benzene rings is 1. The second-order valence-corrected chi connectivity index (χ2v) is 6.47. The maximum absolute atomic E-state index is 13.3. The Balaban J connectivity index is 1.75. The summed E-state index contributed by atoms with van der Waals surface area (Å²) < 4.78 is 7.31. The number of likely N-dealkylation sites (N-methyl/N-ethyl adjacent to an activating group) is 1. The summed E-state index contributed by atoms with van der Waals surface area (Å²) in [5, 5.41) is 7.72. The molecule has 2 aromatic rings. The van der Waals surface area contributed by atoms with Gasteiger partial charge in [0.15, 0.2) is 0 Å². The summed E-state index contributed by atoms with van der Waals surface area (Å²) in [7, 11) is 1.87. The van der Waals surface area contributed by atoms with Crippen LogP contribution in [0.2, 0.25) is 0 Å². The fourth-order valence-corrected chi connectivity index (χ4v) is 3.46. The minimum Gasteiger partial charge on any atom is -0.494 e. The number of carbonyl (C=O) groups excluding carboxylic acids is 1. The summed E-state index contributed by atoms with van der Waals surface area (Å²) in [5.74, 6) is 0.971. The first kappa shape index (κ1) is 17.5. The van der Waals surface area contributed by atoms with E-state index in [1.54, 1.807) is 6.20 Å². The molecule has 1 fully saturated rings. The van der Waals surface area contributed by atoms with Gasteiger partial charge in [-0.05, 0) is 56.6 Å². The lowest BCUT2D eigenvalue weighted by Crippen LogP contribution is -2.54. The Hall–Kier alpha value is -2.34. The van der Waals surface area contributed by atoms with E-state index in [1.165, 1.54) is 0 Å². The van der Waals surface area contributed by atoms with E-state index in [1.807, 2.05) is 60.1 Å². The Labute approximate surface area is 148 Å². The Bertz CT molecular complexity index is 676. The molecule has 0 spiro atoms. The molecule has 1 aliphatic heterocycles. The average molecular weight is 342 g/mol. The molecule has 0 radical (unpaired) electrons. The third kappa shape index (κ3) is 3.69. The summed E-state index contributed by atoms with van der Waals surface area (Å²) in [6.07, 6.45) is 5.14. The number of rotatable bonds is 6. The van der Waals surface area contributed by atoms with Gasteiger partial charge in [-0.1, -0.05) is 12.1 Å². The van der Waals surface area contributed by atoms with Crippen LogP contribution in [0.3, 0.4) is 0 Å². The molecule has 1 amide bonds. The molecule has 1 aliphatic rings. The van der Waals surface area contributed by atoms with Gasteiger partial charge in [-0.3, -0.25) is 9.48 Å². The van der Waals surface area contributed by atoms with Gasteiger partial charge in [-0.2, -0.15) is 5.10 Å². The molecule has 0 atom stereocenters. The molecular formula is C19H26N4O2. The van der Waals surface area contributed by atoms with Crippen molar-refractivity contribution in [3.8, 4) is 5.75 Å². The van der Waals surface area contributed by atoms with Gasteiger partial charge in [0.1, 0.15) is 11.3 Å². The van der Waals surface area contributed by atoms with E-state index < -0.39 is 5.54 Å². The fourth-order valence-electron chi connectivity index (χ4n) is 3.46. The van der Waals surface area contributed by atoms with Gasteiger partial charge < -0.3 is 15.0 Å². The molecule has 1 N–H and O–H groups in total. The summed E-state index contributed by atoms with van der Waals surface area (Å²) in [6, 6.07) is 9.80. The minimum atomic E-state index is -0.589. The predicted molar refractivity (Wildman–Crippen MR) is 96.4 cm³/mol. The molecule has 2 heterocycles. The van der Waals surface area contributed by atoms with Gasteiger partial charge in [0.25, 0.3) is 5.91 Å². The molecule has 6 heteroatoms. The smallest absolute Gasteiger partial charge is 0.250 e. The number of hydrogen-bond acceptors (Lipinski definition) is 4. The first-order valence-corrected chi connectivity index (χ1v) is 8.84. The van der Waals surface area contributed by atoms with Gasteiger partial charge >= 0.3 is 0 Å². The van der Waals surface area contributed by atoms with Crippen LogP contribution in [0.5, 0.6) is 5.75 Å². The molecule has 0 saturated carbocycles. The van der Waals surface area contributed by atoms with Gasteiger partial charge in [0, 0.05) is 26.0 Å². The molecule has 0 aliphatic carbocycles. The fraction of sp³-hybridized carbons (Fsp3) is 0.474. The SMILES string of the molecule is CCOc1ccc(CN(C)C(=O)C2(n3cccn3)CCNCC2)cc1. The van der Waals surface area contributed by atoms with Crippen molar-refractivity contribution < 1.29 is 9.53 Å². The number of hydrogen-bond donors (Lipinski definition) is 1. The Kier molecular flexibility index (Phi) is 5.38. The highest BCUT2D eigenvalue weighted by Crippen LogP contribution is 2.29. The number of piperidine rings is 1. The van der Waals surface area contributed by atoms with Crippen molar-refractivity contribution in [1.82, 2.24) is 20.0 Å². The zero-order chi connectivity index (χ0) is 17.7. The molecule has 25 heavy (non-hydrogen) atoms. The van der Waals surface area contributed by atoms with Crippen molar-refractivity contribution in [3.63, 3.8) is 0 Å². The quantitative estimate of drug-likeness (QED) is 0.872. The normalized spacial score (nSPS) is 16.4. The summed E-state index contributed by atoms with van der Waals surface area (Å²) in [4.78, 5) is 15.1. The van der Waals surface area contributed by atoms with Gasteiger partial charge in [-0.25, -0.2) is 0 Å². The molecule has 3 rings (SSSR count). The van der Waals surface area contributed by atoms with E-state index in [0.29, 0.717) is 13.2 Å².